The van der Waals surface area contributed by atoms with Crippen molar-refractivity contribution in [1.29, 1.82) is 0 Å². The fraction of sp³-hybridized carbons (Fsp3) is 0.136. The predicted octanol–water partition coefficient (Wildman–Crippen LogP) is 4.83. The molecule has 0 N–H and O–H groups in total. The number of rotatable bonds is 6. The fourth-order valence-electron chi connectivity index (χ4n) is 2.61. The fourth-order valence-corrected chi connectivity index (χ4v) is 2.61. The molecule has 0 saturated heterocycles. The molecular weight excluding hydrogens is 310 g/mol. The number of carbonyl (C=O) groups is 1. The molecule has 0 fully saturated rings. The van der Waals surface area contributed by atoms with E-state index < -0.39 is 0 Å². The number of hydrogen-bond acceptors (Lipinski definition) is 2. The molecular formula is C22H21NO2. The van der Waals surface area contributed by atoms with E-state index >= 15 is 0 Å². The summed E-state index contributed by atoms with van der Waals surface area (Å²) in [5.41, 5.74) is 2.09. The molecule has 0 radical (unpaired) electrons. The number of furan rings is 1. The highest BCUT2D eigenvalue weighted by Crippen LogP contribution is 2.14. The molecule has 0 spiro atoms. The van der Waals surface area contributed by atoms with Gasteiger partial charge in [0.05, 0.1) is 6.54 Å². The minimum absolute atomic E-state index is 0.0400. The van der Waals surface area contributed by atoms with Gasteiger partial charge >= 0.3 is 0 Å². The summed E-state index contributed by atoms with van der Waals surface area (Å²) in [6.45, 7) is 2.89. The molecule has 0 unspecified atom stereocenters. The van der Waals surface area contributed by atoms with E-state index in [0.717, 1.165) is 22.6 Å². The summed E-state index contributed by atoms with van der Waals surface area (Å²) in [6, 6.07) is 23.6. The van der Waals surface area contributed by atoms with E-state index in [1.807, 2.05) is 85.8 Å². The summed E-state index contributed by atoms with van der Waals surface area (Å²) in [4.78, 5) is 14.5. The molecule has 1 amide bonds. The predicted molar refractivity (Wildman–Crippen MR) is 99.6 cm³/mol. The minimum Gasteiger partial charge on any atom is -0.464 e. The van der Waals surface area contributed by atoms with Crippen LogP contribution in [0.5, 0.6) is 0 Å². The Labute approximate surface area is 148 Å². The number of nitrogens with zero attached hydrogens (tertiary/aromatic N) is 1. The molecule has 1 heterocycles. The monoisotopic (exact) mass is 331 g/mol. The van der Waals surface area contributed by atoms with E-state index in [1.165, 1.54) is 0 Å². The molecule has 3 nitrogen and oxygen atoms in total. The lowest BCUT2D eigenvalue weighted by Crippen LogP contribution is -2.28. The Morgan fingerprint density at radius 1 is 0.920 bits per heavy atom. The zero-order valence-electron chi connectivity index (χ0n) is 14.3. The Balaban J connectivity index is 1.77. The van der Waals surface area contributed by atoms with E-state index in [1.54, 1.807) is 11.0 Å². The van der Waals surface area contributed by atoms with E-state index in [9.17, 15) is 4.79 Å². The maximum atomic E-state index is 12.7. The van der Waals surface area contributed by atoms with Crippen LogP contribution in [0.4, 0.5) is 0 Å². The van der Waals surface area contributed by atoms with Crippen molar-refractivity contribution in [2.75, 3.05) is 0 Å². The molecule has 0 aliphatic rings. The molecule has 0 aliphatic carbocycles. The molecule has 25 heavy (non-hydrogen) atoms. The smallest absolute Gasteiger partial charge is 0.247 e. The molecule has 0 atom stereocenters. The molecule has 1 aromatic heterocycles. The summed E-state index contributed by atoms with van der Waals surface area (Å²) in [7, 11) is 0. The first-order valence-corrected chi connectivity index (χ1v) is 8.32. The highest BCUT2D eigenvalue weighted by Gasteiger charge is 2.14. The van der Waals surface area contributed by atoms with Crippen molar-refractivity contribution in [2.45, 2.75) is 20.0 Å². The second kappa shape index (κ2) is 8.15. The Morgan fingerprint density at radius 2 is 1.60 bits per heavy atom. The van der Waals surface area contributed by atoms with Crippen LogP contribution in [0.2, 0.25) is 0 Å². The number of carbonyl (C=O) groups excluding carboxylic acids is 1. The van der Waals surface area contributed by atoms with Crippen LogP contribution in [-0.2, 0) is 17.9 Å². The summed E-state index contributed by atoms with van der Waals surface area (Å²) < 4.78 is 5.65. The zero-order valence-corrected chi connectivity index (χ0v) is 14.3. The van der Waals surface area contributed by atoms with Crippen molar-refractivity contribution in [1.82, 2.24) is 4.90 Å². The van der Waals surface area contributed by atoms with Crippen LogP contribution in [-0.4, -0.2) is 10.8 Å². The SMILES string of the molecule is Cc1ccc(CN(Cc2ccccc2)C(=O)/C=C/c2ccccc2)o1. The Kier molecular flexibility index (Phi) is 5.47. The third kappa shape index (κ3) is 4.95. The van der Waals surface area contributed by atoms with E-state index in [2.05, 4.69) is 0 Å². The zero-order chi connectivity index (χ0) is 17.5. The third-order valence-electron chi connectivity index (χ3n) is 3.89. The largest absolute Gasteiger partial charge is 0.464 e. The number of benzene rings is 2. The minimum atomic E-state index is -0.0400. The maximum absolute atomic E-state index is 12.7. The summed E-state index contributed by atoms with van der Waals surface area (Å²) >= 11 is 0. The maximum Gasteiger partial charge on any atom is 0.247 e. The van der Waals surface area contributed by atoms with Gasteiger partial charge in [0, 0.05) is 12.6 Å². The molecule has 3 aromatic rings. The van der Waals surface area contributed by atoms with Gasteiger partial charge in [-0.2, -0.15) is 0 Å². The summed E-state index contributed by atoms with van der Waals surface area (Å²) in [5.74, 6) is 1.60. The van der Waals surface area contributed by atoms with Crippen LogP contribution in [0.15, 0.2) is 83.3 Å². The van der Waals surface area contributed by atoms with Crippen LogP contribution < -0.4 is 0 Å². The number of amides is 1. The van der Waals surface area contributed by atoms with E-state index in [0.29, 0.717) is 13.1 Å². The molecule has 126 valence electrons. The van der Waals surface area contributed by atoms with Crippen molar-refractivity contribution in [3.05, 3.63) is 102 Å². The van der Waals surface area contributed by atoms with E-state index in [-0.39, 0.29) is 5.91 Å². The van der Waals surface area contributed by atoms with Gasteiger partial charge in [-0.15, -0.1) is 0 Å². The topological polar surface area (TPSA) is 33.5 Å². The Hall–Kier alpha value is -3.07. The lowest BCUT2D eigenvalue weighted by Gasteiger charge is -2.20. The van der Waals surface area contributed by atoms with Crippen LogP contribution in [0.1, 0.15) is 22.6 Å². The molecule has 0 aliphatic heterocycles. The van der Waals surface area contributed by atoms with Crippen LogP contribution >= 0.6 is 0 Å². The van der Waals surface area contributed by atoms with Crippen molar-refractivity contribution in [2.24, 2.45) is 0 Å². The Bertz CT molecular complexity index is 835. The average Bonchev–Trinajstić information content (AvgIpc) is 3.06. The number of aryl methyl sites for hydroxylation is 1. The van der Waals surface area contributed by atoms with E-state index in [4.69, 9.17) is 4.42 Å². The lowest BCUT2D eigenvalue weighted by atomic mass is 10.2. The second-order valence-corrected chi connectivity index (χ2v) is 5.94. The summed E-state index contributed by atoms with van der Waals surface area (Å²) in [5, 5.41) is 0. The van der Waals surface area contributed by atoms with Crippen LogP contribution in [0, 0.1) is 6.92 Å². The highest BCUT2D eigenvalue weighted by atomic mass is 16.3. The van der Waals surface area contributed by atoms with Gasteiger partial charge in [-0.1, -0.05) is 60.7 Å². The van der Waals surface area contributed by atoms with Crippen LogP contribution in [0.3, 0.4) is 0 Å². The quantitative estimate of drug-likeness (QED) is 0.606. The van der Waals surface area contributed by atoms with Crippen molar-refractivity contribution < 1.29 is 9.21 Å². The molecule has 3 heteroatoms. The van der Waals surface area contributed by atoms with Crippen molar-refractivity contribution in [3.63, 3.8) is 0 Å². The van der Waals surface area contributed by atoms with Gasteiger partial charge < -0.3 is 9.32 Å². The van der Waals surface area contributed by atoms with Crippen molar-refractivity contribution in [3.8, 4) is 0 Å². The van der Waals surface area contributed by atoms with Crippen molar-refractivity contribution >= 4 is 12.0 Å². The first kappa shape index (κ1) is 16.8. The van der Waals surface area contributed by atoms with Gasteiger partial charge in [0.2, 0.25) is 5.91 Å². The molecule has 3 rings (SSSR count). The summed E-state index contributed by atoms with van der Waals surface area (Å²) in [6.07, 6.45) is 3.46. The van der Waals surface area contributed by atoms with Gasteiger partial charge in [0.15, 0.2) is 0 Å². The van der Waals surface area contributed by atoms with Gasteiger partial charge in [-0.05, 0) is 36.3 Å². The molecule has 0 saturated carbocycles. The molecule has 0 bridgehead atoms. The lowest BCUT2D eigenvalue weighted by molar-refractivity contribution is -0.127. The second-order valence-electron chi connectivity index (χ2n) is 5.94. The first-order valence-electron chi connectivity index (χ1n) is 8.32. The third-order valence-corrected chi connectivity index (χ3v) is 3.89. The standard InChI is InChI=1S/C22H21NO2/c1-18-12-14-21(25-18)17-23(16-20-10-6-3-7-11-20)22(24)15-13-19-8-4-2-5-9-19/h2-15H,16-17H2,1H3/b15-13+. The molecule has 2 aromatic carbocycles. The normalized spacial score (nSPS) is 10.9. The van der Waals surface area contributed by atoms with Gasteiger partial charge in [0.25, 0.3) is 0 Å². The average molecular weight is 331 g/mol. The Morgan fingerprint density at radius 3 is 2.24 bits per heavy atom. The van der Waals surface area contributed by atoms with Gasteiger partial charge in [-0.3, -0.25) is 4.79 Å². The first-order chi connectivity index (χ1) is 12.2. The van der Waals surface area contributed by atoms with Gasteiger partial charge in [0.1, 0.15) is 11.5 Å². The van der Waals surface area contributed by atoms with Crippen LogP contribution in [0.25, 0.3) is 6.08 Å². The van der Waals surface area contributed by atoms with Gasteiger partial charge in [-0.25, -0.2) is 0 Å². The highest BCUT2D eigenvalue weighted by molar-refractivity contribution is 5.91. The number of hydrogen-bond donors (Lipinski definition) is 0.